The van der Waals surface area contributed by atoms with Crippen molar-refractivity contribution in [1.29, 1.82) is 0 Å². The molecule has 1 heteroatoms. The van der Waals surface area contributed by atoms with Gasteiger partial charge >= 0.3 is 0 Å². The van der Waals surface area contributed by atoms with Crippen LogP contribution in [0.4, 0.5) is 0 Å². The quantitative estimate of drug-likeness (QED) is 0.692. The van der Waals surface area contributed by atoms with Crippen molar-refractivity contribution >= 4 is 0 Å². The molecule has 0 saturated heterocycles. The van der Waals surface area contributed by atoms with E-state index in [1.165, 1.54) is 68.2 Å². The molecule has 0 unspecified atom stereocenters. The Balaban J connectivity index is 1.84. The van der Waals surface area contributed by atoms with Gasteiger partial charge in [0, 0.05) is 17.2 Å². The fourth-order valence-corrected chi connectivity index (χ4v) is 4.29. The molecule has 1 nitrogen and oxygen atoms in total. The summed E-state index contributed by atoms with van der Waals surface area (Å²) >= 11 is 0. The molecular formula is C21H26N+. The van der Waals surface area contributed by atoms with Gasteiger partial charge in [0.2, 0.25) is 5.69 Å². The van der Waals surface area contributed by atoms with Crippen molar-refractivity contribution in [2.75, 3.05) is 0 Å². The smallest absolute Gasteiger partial charge is 0.201 e. The molecule has 22 heavy (non-hydrogen) atoms. The summed E-state index contributed by atoms with van der Waals surface area (Å²) in [6.07, 6.45) is 12.8. The van der Waals surface area contributed by atoms with E-state index in [0.717, 1.165) is 0 Å². The van der Waals surface area contributed by atoms with Crippen molar-refractivity contribution in [2.45, 2.75) is 58.3 Å². The van der Waals surface area contributed by atoms with E-state index in [0.29, 0.717) is 0 Å². The van der Waals surface area contributed by atoms with Crippen molar-refractivity contribution in [3.05, 3.63) is 52.2 Å². The van der Waals surface area contributed by atoms with Crippen LogP contribution in [0.25, 0.3) is 11.3 Å². The first-order valence-corrected chi connectivity index (χ1v) is 8.86. The first-order valence-electron chi connectivity index (χ1n) is 8.86. The largest absolute Gasteiger partial charge is 0.212 e. The van der Waals surface area contributed by atoms with Crippen LogP contribution >= 0.6 is 0 Å². The number of hydrogen-bond acceptors (Lipinski definition) is 0. The van der Waals surface area contributed by atoms with Crippen LogP contribution in [-0.4, -0.2) is 0 Å². The molecule has 0 aliphatic heterocycles. The number of nitrogens with zero attached hydrogens (tertiary/aromatic N) is 1. The maximum Gasteiger partial charge on any atom is 0.212 e. The second-order valence-electron chi connectivity index (χ2n) is 7.17. The highest BCUT2D eigenvalue weighted by Crippen LogP contribution is 2.31. The number of aryl methyl sites for hydroxylation is 6. The Labute approximate surface area is 134 Å². The van der Waals surface area contributed by atoms with Crippen molar-refractivity contribution in [3.8, 4) is 11.3 Å². The molecule has 0 fully saturated rings. The Morgan fingerprint density at radius 2 is 1.27 bits per heavy atom. The van der Waals surface area contributed by atoms with Crippen molar-refractivity contribution < 1.29 is 4.57 Å². The monoisotopic (exact) mass is 292 g/mol. The zero-order valence-electron chi connectivity index (χ0n) is 13.9. The Morgan fingerprint density at radius 1 is 0.727 bits per heavy atom. The summed E-state index contributed by atoms with van der Waals surface area (Å²) in [6, 6.07) is 7.39. The Hall–Kier alpha value is -1.63. The maximum atomic E-state index is 2.48. The molecule has 1 heterocycles. The summed E-state index contributed by atoms with van der Waals surface area (Å²) in [6.45, 7) is 2.28. The highest BCUT2D eigenvalue weighted by Gasteiger charge is 2.21. The number of aromatic nitrogens is 1. The predicted molar refractivity (Wildman–Crippen MR) is 91.1 cm³/mol. The highest BCUT2D eigenvalue weighted by atomic mass is 14.9. The van der Waals surface area contributed by atoms with Crippen LogP contribution in [0, 0.1) is 6.92 Å². The molecule has 0 N–H and O–H groups in total. The Kier molecular flexibility index (Phi) is 3.52. The molecule has 0 atom stereocenters. The molecule has 2 aliphatic carbocycles. The zero-order chi connectivity index (χ0) is 15.1. The molecule has 0 spiro atoms. The number of benzene rings is 1. The first kappa shape index (κ1) is 14.0. The number of hydrogen-bond donors (Lipinski definition) is 0. The number of fused-ring (bicyclic) bond motifs is 2. The van der Waals surface area contributed by atoms with Gasteiger partial charge in [0.15, 0.2) is 6.20 Å². The SMILES string of the molecule is Cc1cc2c(cc1-c1cc3c(c[n+]1C)CCCC3)CCCC2. The topological polar surface area (TPSA) is 3.88 Å². The molecule has 0 radical (unpaired) electrons. The Bertz CT molecular complexity index is 664. The minimum Gasteiger partial charge on any atom is -0.201 e. The lowest BCUT2D eigenvalue weighted by Gasteiger charge is -2.19. The predicted octanol–water partition coefficient (Wildman–Crippen LogP) is 4.24. The van der Waals surface area contributed by atoms with Crippen molar-refractivity contribution in [3.63, 3.8) is 0 Å². The van der Waals surface area contributed by atoms with E-state index in [-0.39, 0.29) is 0 Å². The third kappa shape index (κ3) is 2.37. The van der Waals surface area contributed by atoms with Gasteiger partial charge in [-0.15, -0.1) is 0 Å². The molecule has 1 aromatic carbocycles. The van der Waals surface area contributed by atoms with E-state index in [4.69, 9.17) is 0 Å². The van der Waals surface area contributed by atoms with Crippen LogP contribution in [-0.2, 0) is 32.7 Å². The summed E-state index contributed by atoms with van der Waals surface area (Å²) in [7, 11) is 2.21. The van der Waals surface area contributed by atoms with E-state index >= 15 is 0 Å². The van der Waals surface area contributed by atoms with E-state index in [1.807, 2.05) is 0 Å². The van der Waals surface area contributed by atoms with Crippen LogP contribution in [0.2, 0.25) is 0 Å². The third-order valence-electron chi connectivity index (χ3n) is 5.56. The summed E-state index contributed by atoms with van der Waals surface area (Å²) in [4.78, 5) is 0. The minimum absolute atomic E-state index is 1.26. The highest BCUT2D eigenvalue weighted by molar-refractivity contribution is 5.64. The third-order valence-corrected chi connectivity index (χ3v) is 5.56. The van der Waals surface area contributed by atoms with Gasteiger partial charge in [0.05, 0.1) is 0 Å². The second-order valence-corrected chi connectivity index (χ2v) is 7.17. The van der Waals surface area contributed by atoms with Crippen LogP contribution in [0.3, 0.4) is 0 Å². The molecule has 1 aromatic heterocycles. The van der Waals surface area contributed by atoms with Gasteiger partial charge in [-0.3, -0.25) is 0 Å². The molecule has 0 amide bonds. The fourth-order valence-electron chi connectivity index (χ4n) is 4.29. The van der Waals surface area contributed by atoms with Crippen molar-refractivity contribution in [1.82, 2.24) is 0 Å². The summed E-state index contributed by atoms with van der Waals surface area (Å²) in [5, 5.41) is 0. The average Bonchev–Trinajstić information content (AvgIpc) is 2.54. The molecule has 0 bridgehead atoms. The van der Waals surface area contributed by atoms with E-state index in [9.17, 15) is 0 Å². The standard InChI is InChI=1S/C21H26N/c1-15-11-16-7-3-4-8-17(16)12-20(15)21-13-18-9-5-6-10-19(18)14-22(21)2/h11-14H,3-10H2,1-2H3/q+1. The lowest BCUT2D eigenvalue weighted by atomic mass is 9.86. The van der Waals surface area contributed by atoms with Crippen molar-refractivity contribution in [2.24, 2.45) is 7.05 Å². The average molecular weight is 292 g/mol. The zero-order valence-corrected chi connectivity index (χ0v) is 13.9. The fraction of sp³-hybridized carbons (Fsp3) is 0.476. The van der Waals surface area contributed by atoms with Crippen LogP contribution < -0.4 is 4.57 Å². The van der Waals surface area contributed by atoms with Gasteiger partial charge in [-0.2, -0.15) is 0 Å². The minimum atomic E-state index is 1.26. The first-order chi connectivity index (χ1) is 10.7. The summed E-state index contributed by atoms with van der Waals surface area (Å²) in [5.41, 5.74) is 10.6. The lowest BCUT2D eigenvalue weighted by molar-refractivity contribution is -0.660. The van der Waals surface area contributed by atoms with Gasteiger partial charge in [0.25, 0.3) is 0 Å². The summed E-state index contributed by atoms with van der Waals surface area (Å²) in [5.74, 6) is 0. The van der Waals surface area contributed by atoms with E-state index < -0.39 is 0 Å². The molecular weight excluding hydrogens is 266 g/mol. The molecule has 4 rings (SSSR count). The number of rotatable bonds is 1. The normalized spacial score (nSPS) is 17.0. The van der Waals surface area contributed by atoms with Gasteiger partial charge in [-0.25, -0.2) is 4.57 Å². The number of pyridine rings is 1. The van der Waals surface area contributed by atoms with Gasteiger partial charge in [-0.05, 0) is 86.6 Å². The summed E-state index contributed by atoms with van der Waals surface area (Å²) < 4.78 is 2.35. The van der Waals surface area contributed by atoms with Crippen LogP contribution in [0.15, 0.2) is 24.4 Å². The maximum absolute atomic E-state index is 2.48. The van der Waals surface area contributed by atoms with E-state index in [2.05, 4.69) is 42.9 Å². The lowest BCUT2D eigenvalue weighted by Crippen LogP contribution is -2.33. The van der Waals surface area contributed by atoms with Gasteiger partial charge < -0.3 is 0 Å². The van der Waals surface area contributed by atoms with Gasteiger partial charge in [-0.1, -0.05) is 6.07 Å². The molecule has 2 aliphatic rings. The Morgan fingerprint density at radius 3 is 1.95 bits per heavy atom. The van der Waals surface area contributed by atoms with Gasteiger partial charge in [0.1, 0.15) is 7.05 Å². The molecule has 114 valence electrons. The van der Waals surface area contributed by atoms with E-state index in [1.54, 1.807) is 22.3 Å². The van der Waals surface area contributed by atoms with Crippen LogP contribution in [0.5, 0.6) is 0 Å². The molecule has 2 aromatic rings. The molecule has 0 saturated carbocycles. The van der Waals surface area contributed by atoms with Crippen LogP contribution in [0.1, 0.15) is 53.5 Å². The second kappa shape index (κ2) is 5.53.